The smallest absolute Gasteiger partial charge is 0.294 e. The van der Waals surface area contributed by atoms with Crippen molar-refractivity contribution in [3.8, 4) is 0 Å². The number of carbonyl (C=O) groups is 1. The third kappa shape index (κ3) is 3.87. The van der Waals surface area contributed by atoms with Gasteiger partial charge in [-0.25, -0.2) is 8.42 Å². The molecule has 0 atom stereocenters. The number of amides is 1. The maximum Gasteiger partial charge on any atom is 0.294 e. The van der Waals surface area contributed by atoms with E-state index >= 15 is 0 Å². The SMILES string of the molecule is CS(=O)(=O)Cc1ccc(C(=O)N(c2ccccc2)C2Cc3ccccc3C2)o1. The van der Waals surface area contributed by atoms with Crippen molar-refractivity contribution in [3.05, 3.63) is 89.4 Å². The van der Waals surface area contributed by atoms with Crippen LogP contribution in [0.15, 0.2) is 71.1 Å². The van der Waals surface area contributed by atoms with Crippen LogP contribution in [-0.2, 0) is 28.4 Å². The summed E-state index contributed by atoms with van der Waals surface area (Å²) >= 11 is 0. The molecule has 1 aromatic heterocycles. The number of rotatable bonds is 5. The number of para-hydroxylation sites is 1. The van der Waals surface area contributed by atoms with Crippen molar-refractivity contribution in [2.75, 3.05) is 11.2 Å². The Balaban J connectivity index is 1.66. The quantitative estimate of drug-likeness (QED) is 0.661. The van der Waals surface area contributed by atoms with Crippen molar-refractivity contribution in [3.63, 3.8) is 0 Å². The van der Waals surface area contributed by atoms with Crippen molar-refractivity contribution in [1.29, 1.82) is 0 Å². The molecular formula is C22H21NO4S. The monoisotopic (exact) mass is 395 g/mol. The van der Waals surface area contributed by atoms with Gasteiger partial charge in [0.05, 0.1) is 0 Å². The molecule has 0 saturated carbocycles. The van der Waals surface area contributed by atoms with Gasteiger partial charge in [-0.05, 0) is 48.2 Å². The molecule has 0 spiro atoms. The van der Waals surface area contributed by atoms with Crippen LogP contribution in [-0.4, -0.2) is 26.6 Å². The maximum absolute atomic E-state index is 13.3. The lowest BCUT2D eigenvalue weighted by molar-refractivity contribution is 0.0949. The van der Waals surface area contributed by atoms with Crippen LogP contribution in [0.25, 0.3) is 0 Å². The summed E-state index contributed by atoms with van der Waals surface area (Å²) in [7, 11) is -3.23. The summed E-state index contributed by atoms with van der Waals surface area (Å²) < 4.78 is 28.6. The molecule has 0 unspecified atom stereocenters. The normalized spacial score (nSPS) is 14.0. The second-order valence-electron chi connectivity index (χ2n) is 7.18. The Hall–Kier alpha value is -2.86. The molecule has 1 amide bonds. The molecule has 4 rings (SSSR count). The molecule has 0 radical (unpaired) electrons. The van der Waals surface area contributed by atoms with E-state index in [4.69, 9.17) is 4.42 Å². The molecule has 3 aromatic rings. The Morgan fingerprint density at radius 1 is 0.964 bits per heavy atom. The zero-order valence-corrected chi connectivity index (χ0v) is 16.4. The summed E-state index contributed by atoms with van der Waals surface area (Å²) in [5.41, 5.74) is 3.29. The van der Waals surface area contributed by atoms with Gasteiger partial charge in [0.15, 0.2) is 15.6 Å². The molecule has 0 N–H and O–H groups in total. The summed E-state index contributed by atoms with van der Waals surface area (Å²) in [5, 5.41) is 0. The van der Waals surface area contributed by atoms with E-state index in [1.807, 2.05) is 42.5 Å². The molecular weight excluding hydrogens is 374 g/mol. The number of furan rings is 1. The summed E-state index contributed by atoms with van der Waals surface area (Å²) in [4.78, 5) is 15.1. The highest BCUT2D eigenvalue weighted by Crippen LogP contribution is 2.30. The van der Waals surface area contributed by atoms with E-state index in [0.717, 1.165) is 24.8 Å². The first kappa shape index (κ1) is 18.5. The Kier molecular flexibility index (Phi) is 4.81. The van der Waals surface area contributed by atoms with Gasteiger partial charge < -0.3 is 9.32 Å². The molecule has 2 aromatic carbocycles. The molecule has 5 nitrogen and oxygen atoms in total. The molecule has 6 heteroatoms. The Morgan fingerprint density at radius 3 is 2.18 bits per heavy atom. The highest BCUT2D eigenvalue weighted by molar-refractivity contribution is 7.89. The molecule has 1 heterocycles. The zero-order valence-electron chi connectivity index (χ0n) is 15.5. The van der Waals surface area contributed by atoms with Crippen molar-refractivity contribution in [2.45, 2.75) is 24.6 Å². The van der Waals surface area contributed by atoms with Gasteiger partial charge in [-0.3, -0.25) is 4.79 Å². The predicted molar refractivity (Wildman–Crippen MR) is 108 cm³/mol. The molecule has 0 bridgehead atoms. The van der Waals surface area contributed by atoms with E-state index < -0.39 is 9.84 Å². The number of anilines is 1. The van der Waals surface area contributed by atoms with E-state index in [0.29, 0.717) is 0 Å². The number of hydrogen-bond donors (Lipinski definition) is 0. The number of hydrogen-bond acceptors (Lipinski definition) is 4. The van der Waals surface area contributed by atoms with Crippen molar-refractivity contribution in [1.82, 2.24) is 0 Å². The second-order valence-corrected chi connectivity index (χ2v) is 9.32. The van der Waals surface area contributed by atoms with E-state index in [1.165, 1.54) is 11.1 Å². The molecule has 1 aliphatic rings. The fourth-order valence-electron chi connectivity index (χ4n) is 3.75. The summed E-state index contributed by atoms with van der Waals surface area (Å²) in [5.74, 6) is -0.0590. The highest BCUT2D eigenvalue weighted by Gasteiger charge is 2.33. The van der Waals surface area contributed by atoms with Crippen LogP contribution in [0.1, 0.15) is 27.4 Å². The van der Waals surface area contributed by atoms with Crippen LogP contribution in [0.5, 0.6) is 0 Å². The van der Waals surface area contributed by atoms with Gasteiger partial charge in [0, 0.05) is 18.0 Å². The number of fused-ring (bicyclic) bond motifs is 1. The van der Waals surface area contributed by atoms with E-state index in [2.05, 4.69) is 12.1 Å². The number of carbonyl (C=O) groups excluding carboxylic acids is 1. The predicted octanol–water partition coefficient (Wildman–Crippen LogP) is 3.64. The van der Waals surface area contributed by atoms with Gasteiger partial charge in [0.25, 0.3) is 5.91 Å². The lowest BCUT2D eigenvalue weighted by atomic mass is 10.1. The van der Waals surface area contributed by atoms with Gasteiger partial charge >= 0.3 is 0 Å². The summed E-state index contributed by atoms with van der Waals surface area (Å²) in [6, 6.07) is 20.8. The van der Waals surface area contributed by atoms with Crippen molar-refractivity contribution >= 4 is 21.4 Å². The minimum atomic E-state index is -3.23. The van der Waals surface area contributed by atoms with Crippen LogP contribution >= 0.6 is 0 Å². The number of benzene rings is 2. The lowest BCUT2D eigenvalue weighted by Crippen LogP contribution is -2.41. The molecule has 0 saturated heterocycles. The molecule has 0 aliphatic heterocycles. The van der Waals surface area contributed by atoms with Gasteiger partial charge in [-0.2, -0.15) is 0 Å². The van der Waals surface area contributed by atoms with Gasteiger partial charge in [0.2, 0.25) is 0 Å². The fourth-order valence-corrected chi connectivity index (χ4v) is 4.42. The average molecular weight is 395 g/mol. The molecule has 28 heavy (non-hydrogen) atoms. The van der Waals surface area contributed by atoms with Crippen LogP contribution in [0, 0.1) is 0 Å². The van der Waals surface area contributed by atoms with Gasteiger partial charge in [-0.15, -0.1) is 0 Å². The first-order valence-electron chi connectivity index (χ1n) is 9.12. The largest absolute Gasteiger partial charge is 0.455 e. The van der Waals surface area contributed by atoms with Gasteiger partial charge in [0.1, 0.15) is 11.5 Å². The molecule has 144 valence electrons. The average Bonchev–Trinajstić information content (AvgIpc) is 3.28. The zero-order chi connectivity index (χ0) is 19.7. The van der Waals surface area contributed by atoms with Gasteiger partial charge in [-0.1, -0.05) is 42.5 Å². The van der Waals surface area contributed by atoms with Crippen molar-refractivity contribution < 1.29 is 17.6 Å². The summed E-state index contributed by atoms with van der Waals surface area (Å²) in [6.45, 7) is 0. The highest BCUT2D eigenvalue weighted by atomic mass is 32.2. The standard InChI is InChI=1S/C22H21NO4S/c1-28(25,26)15-20-11-12-21(27-20)22(24)23(18-9-3-2-4-10-18)19-13-16-7-5-6-8-17(16)14-19/h2-12,19H,13-15H2,1H3. The second kappa shape index (κ2) is 7.28. The topological polar surface area (TPSA) is 67.6 Å². The minimum absolute atomic E-state index is 0.0178. The third-order valence-corrected chi connectivity index (χ3v) is 5.73. The summed E-state index contributed by atoms with van der Waals surface area (Å²) in [6.07, 6.45) is 2.68. The first-order valence-corrected chi connectivity index (χ1v) is 11.2. The molecule has 1 aliphatic carbocycles. The Morgan fingerprint density at radius 2 is 1.57 bits per heavy atom. The van der Waals surface area contributed by atoms with Crippen LogP contribution in [0.2, 0.25) is 0 Å². The van der Waals surface area contributed by atoms with E-state index in [9.17, 15) is 13.2 Å². The van der Waals surface area contributed by atoms with E-state index in [1.54, 1.807) is 17.0 Å². The Labute approximate surface area is 164 Å². The molecule has 0 fully saturated rings. The lowest BCUT2D eigenvalue weighted by Gasteiger charge is -2.28. The minimum Gasteiger partial charge on any atom is -0.455 e. The van der Waals surface area contributed by atoms with Crippen LogP contribution < -0.4 is 4.90 Å². The number of sulfone groups is 1. The van der Waals surface area contributed by atoms with E-state index in [-0.39, 0.29) is 29.2 Å². The number of nitrogens with zero attached hydrogens (tertiary/aromatic N) is 1. The van der Waals surface area contributed by atoms with Crippen molar-refractivity contribution in [2.24, 2.45) is 0 Å². The fraction of sp³-hybridized carbons (Fsp3) is 0.227. The van der Waals surface area contributed by atoms with Crippen LogP contribution in [0.3, 0.4) is 0 Å². The third-order valence-electron chi connectivity index (χ3n) is 4.92. The first-order chi connectivity index (χ1) is 13.4. The van der Waals surface area contributed by atoms with Crippen LogP contribution in [0.4, 0.5) is 5.69 Å². The Bertz CT molecular complexity index is 1080. The maximum atomic E-state index is 13.3.